The molecule has 7 heteroatoms. The molecule has 1 amide bonds. The molecule has 3 nitrogen and oxygen atoms in total. The smallest absolute Gasteiger partial charge is 0.279 e. The number of carbonyl (C=O) groups is 1. The van der Waals surface area contributed by atoms with Crippen LogP contribution in [0, 0.1) is 0 Å². The number of thiophene rings is 2. The highest BCUT2D eigenvalue weighted by Crippen LogP contribution is 2.25. The Morgan fingerprint density at radius 2 is 1.64 bits per heavy atom. The summed E-state index contributed by atoms with van der Waals surface area (Å²) in [6, 6.07) is 13.3. The Balaban J connectivity index is 1.66. The molecule has 2 heterocycles. The second-order valence-electron chi connectivity index (χ2n) is 5.61. The van der Waals surface area contributed by atoms with Crippen LogP contribution in [0.5, 0.6) is 0 Å². The Morgan fingerprint density at radius 1 is 1.00 bits per heavy atom. The lowest BCUT2D eigenvalue weighted by atomic mass is 10.3. The predicted octanol–water partition coefficient (Wildman–Crippen LogP) is 4.34. The summed E-state index contributed by atoms with van der Waals surface area (Å²) in [5.74, 6) is -0.0627. The number of rotatable bonds is 7. The van der Waals surface area contributed by atoms with Crippen molar-refractivity contribution in [3.8, 4) is 0 Å². The number of amides is 1. The average Bonchev–Trinajstić information content (AvgIpc) is 3.24. The summed E-state index contributed by atoms with van der Waals surface area (Å²) in [6.07, 6.45) is 0. The minimum atomic E-state index is -0.0627. The van der Waals surface area contributed by atoms with Crippen LogP contribution >= 0.6 is 45.9 Å². The third-order valence-corrected chi connectivity index (χ3v) is 5.93. The van der Waals surface area contributed by atoms with E-state index in [-0.39, 0.29) is 5.91 Å². The van der Waals surface area contributed by atoms with Gasteiger partial charge in [0.15, 0.2) is 6.54 Å². The first-order valence-corrected chi connectivity index (χ1v) is 10.2. The Kier molecular flexibility index (Phi) is 6.51. The fourth-order valence-corrected chi connectivity index (χ4v) is 4.53. The molecule has 0 aliphatic heterocycles. The maximum Gasteiger partial charge on any atom is 0.279 e. The van der Waals surface area contributed by atoms with Crippen LogP contribution in [-0.4, -0.2) is 12.5 Å². The summed E-state index contributed by atoms with van der Waals surface area (Å²) in [5, 5.41) is 8.00. The number of nitrogens with one attached hydrogen (secondary N) is 2. The van der Waals surface area contributed by atoms with Crippen molar-refractivity contribution in [3.63, 3.8) is 0 Å². The van der Waals surface area contributed by atoms with Gasteiger partial charge in [-0.2, -0.15) is 0 Å². The highest BCUT2D eigenvalue weighted by Gasteiger charge is 2.17. The van der Waals surface area contributed by atoms with Crippen molar-refractivity contribution in [2.45, 2.75) is 13.1 Å². The van der Waals surface area contributed by atoms with Gasteiger partial charge in [-0.1, -0.05) is 35.3 Å². The van der Waals surface area contributed by atoms with E-state index in [1.165, 1.54) is 14.7 Å². The van der Waals surface area contributed by atoms with Crippen molar-refractivity contribution >= 4 is 57.5 Å². The molecule has 0 saturated heterocycles. The molecule has 0 saturated carbocycles. The number of hydrogen-bond donors (Lipinski definition) is 2. The van der Waals surface area contributed by atoms with Crippen molar-refractivity contribution in [1.29, 1.82) is 0 Å². The van der Waals surface area contributed by atoms with Crippen molar-refractivity contribution < 1.29 is 9.69 Å². The zero-order valence-corrected chi connectivity index (χ0v) is 16.4. The van der Waals surface area contributed by atoms with Crippen LogP contribution in [0.4, 0.5) is 5.69 Å². The summed E-state index contributed by atoms with van der Waals surface area (Å²) in [4.78, 5) is 16.2. The van der Waals surface area contributed by atoms with E-state index in [4.69, 9.17) is 23.2 Å². The molecule has 3 aromatic rings. The van der Waals surface area contributed by atoms with Crippen LogP contribution in [0.1, 0.15) is 9.75 Å². The van der Waals surface area contributed by atoms with Crippen LogP contribution in [0.2, 0.25) is 10.0 Å². The third-order valence-electron chi connectivity index (χ3n) is 3.62. The van der Waals surface area contributed by atoms with Crippen LogP contribution in [0.15, 0.2) is 53.2 Å². The molecule has 0 aliphatic rings. The molecule has 0 unspecified atom stereocenters. The van der Waals surface area contributed by atoms with E-state index >= 15 is 0 Å². The monoisotopic (exact) mass is 411 g/mol. The molecule has 2 aromatic heterocycles. The van der Waals surface area contributed by atoms with Gasteiger partial charge >= 0.3 is 0 Å². The number of quaternary nitrogens is 1. The number of carbonyl (C=O) groups excluding carboxylic acids is 1. The highest BCUT2D eigenvalue weighted by molar-refractivity contribution is 7.10. The second-order valence-corrected chi connectivity index (χ2v) is 8.52. The van der Waals surface area contributed by atoms with E-state index in [2.05, 4.69) is 28.2 Å². The second kappa shape index (κ2) is 8.83. The van der Waals surface area contributed by atoms with E-state index in [1.807, 2.05) is 12.1 Å². The maximum atomic E-state index is 12.5. The number of hydrogen-bond acceptors (Lipinski definition) is 3. The zero-order valence-electron chi connectivity index (χ0n) is 13.3. The van der Waals surface area contributed by atoms with Crippen molar-refractivity contribution in [2.24, 2.45) is 0 Å². The van der Waals surface area contributed by atoms with E-state index < -0.39 is 0 Å². The fraction of sp³-hybridized carbons (Fsp3) is 0.167. The lowest BCUT2D eigenvalue weighted by Crippen LogP contribution is -3.10. The molecule has 0 bridgehead atoms. The van der Waals surface area contributed by atoms with E-state index in [0.29, 0.717) is 22.3 Å². The van der Waals surface area contributed by atoms with Gasteiger partial charge in [0.2, 0.25) is 0 Å². The van der Waals surface area contributed by atoms with Crippen molar-refractivity contribution in [3.05, 3.63) is 73.0 Å². The summed E-state index contributed by atoms with van der Waals surface area (Å²) in [6.45, 7) is 2.00. The SMILES string of the molecule is O=C(C[NH+](Cc1cccs1)Cc1cccs1)Nc1ccc(Cl)cc1Cl. The molecule has 0 fully saturated rings. The van der Waals surface area contributed by atoms with Gasteiger partial charge in [0.1, 0.15) is 13.1 Å². The molecular formula is C18H17Cl2N2OS2+. The molecular weight excluding hydrogens is 395 g/mol. The van der Waals surface area contributed by atoms with Gasteiger partial charge in [0.05, 0.1) is 20.5 Å². The van der Waals surface area contributed by atoms with Crippen LogP contribution in [0.3, 0.4) is 0 Å². The van der Waals surface area contributed by atoms with Gasteiger partial charge in [0, 0.05) is 5.02 Å². The van der Waals surface area contributed by atoms with Gasteiger partial charge in [-0.25, -0.2) is 0 Å². The number of halogens is 2. The lowest BCUT2D eigenvalue weighted by molar-refractivity contribution is -0.918. The van der Waals surface area contributed by atoms with Gasteiger partial charge in [-0.3, -0.25) is 4.79 Å². The average molecular weight is 412 g/mol. The molecule has 1 aromatic carbocycles. The Morgan fingerprint density at radius 3 is 2.16 bits per heavy atom. The molecule has 3 rings (SSSR count). The third kappa shape index (κ3) is 5.56. The van der Waals surface area contributed by atoms with Crippen molar-refractivity contribution in [1.82, 2.24) is 0 Å². The lowest BCUT2D eigenvalue weighted by Gasteiger charge is -2.18. The molecule has 0 spiro atoms. The largest absolute Gasteiger partial charge is 0.320 e. The van der Waals surface area contributed by atoms with Crippen LogP contribution in [0.25, 0.3) is 0 Å². The maximum absolute atomic E-state index is 12.5. The van der Waals surface area contributed by atoms with Crippen molar-refractivity contribution in [2.75, 3.05) is 11.9 Å². The molecule has 2 N–H and O–H groups in total. The zero-order chi connectivity index (χ0) is 17.6. The molecule has 130 valence electrons. The minimum Gasteiger partial charge on any atom is -0.320 e. The molecule has 0 aliphatic carbocycles. The first-order chi connectivity index (χ1) is 12.1. The van der Waals surface area contributed by atoms with Gasteiger partial charge in [0.25, 0.3) is 5.91 Å². The Hall–Kier alpha value is -1.37. The van der Waals surface area contributed by atoms with Gasteiger partial charge in [-0.05, 0) is 41.1 Å². The quantitative estimate of drug-likeness (QED) is 0.595. The minimum absolute atomic E-state index is 0.0627. The number of anilines is 1. The summed E-state index contributed by atoms with van der Waals surface area (Å²) >= 11 is 15.5. The molecule has 25 heavy (non-hydrogen) atoms. The molecule has 0 atom stereocenters. The molecule has 0 radical (unpaired) electrons. The van der Waals surface area contributed by atoms with Gasteiger partial charge in [-0.15, -0.1) is 22.7 Å². The standard InChI is InChI=1S/C18H16Cl2N2OS2/c19-13-5-6-17(16(20)9-13)21-18(23)12-22(10-14-3-1-7-24-14)11-15-4-2-8-25-15/h1-9H,10-12H2,(H,21,23)/p+1. The van der Waals surface area contributed by atoms with Gasteiger partial charge < -0.3 is 10.2 Å². The van der Waals surface area contributed by atoms with Crippen LogP contribution in [-0.2, 0) is 17.9 Å². The summed E-state index contributed by atoms with van der Waals surface area (Å²) < 4.78 is 0. The summed E-state index contributed by atoms with van der Waals surface area (Å²) in [5.41, 5.74) is 0.586. The first kappa shape index (κ1) is 18.4. The summed E-state index contributed by atoms with van der Waals surface area (Å²) in [7, 11) is 0. The van der Waals surface area contributed by atoms with E-state index in [1.54, 1.807) is 40.9 Å². The fourth-order valence-electron chi connectivity index (χ4n) is 2.52. The topological polar surface area (TPSA) is 33.5 Å². The van der Waals surface area contributed by atoms with E-state index in [9.17, 15) is 4.79 Å². The normalized spacial score (nSPS) is 11.0. The Labute approximate surface area is 164 Å². The highest BCUT2D eigenvalue weighted by atomic mass is 35.5. The Bertz CT molecular complexity index is 783. The number of benzene rings is 1. The predicted molar refractivity (Wildman–Crippen MR) is 107 cm³/mol. The van der Waals surface area contributed by atoms with Crippen LogP contribution < -0.4 is 10.2 Å². The van der Waals surface area contributed by atoms with E-state index in [0.717, 1.165) is 13.1 Å². The first-order valence-electron chi connectivity index (χ1n) is 7.73.